The Morgan fingerprint density at radius 2 is 1.58 bits per heavy atom. The molecule has 2 N–H and O–H groups in total. The number of halogens is 8. The summed E-state index contributed by atoms with van der Waals surface area (Å²) in [6.45, 7) is -0.490. The fraction of sp³-hybridized carbons (Fsp3) is 0.333. The molecule has 0 atom stereocenters. The number of nitrogens with one attached hydrogen (secondary N) is 2. The molecular weight excluding hydrogens is 533 g/mol. The third kappa shape index (κ3) is 9.73. The maximum atomic E-state index is 13.5. The maximum Gasteiger partial charge on any atom is 0.416 e. The summed E-state index contributed by atoms with van der Waals surface area (Å²) in [7, 11) is 0. The van der Waals surface area contributed by atoms with Gasteiger partial charge < -0.3 is 10.6 Å². The standard InChI is InChI=1S/C24H22Cl2F6N2O2/c1-14-8-15(6-7-19(14)22(36)33-12-21(35)34-13-23(27,28)29)4-2-3-5-20(24(30,31)32)16-9-17(25)11-18(26)10-16/h5-11H,2-4,12-13H2,1H3,(H,33,36)(H,34,35)/b20-5-. The lowest BCUT2D eigenvalue weighted by Gasteiger charge is -2.13. The molecule has 2 aromatic carbocycles. The van der Waals surface area contributed by atoms with E-state index in [1.807, 2.05) is 0 Å². The summed E-state index contributed by atoms with van der Waals surface area (Å²) in [6.07, 6.45) is -7.13. The van der Waals surface area contributed by atoms with Crippen LogP contribution in [-0.2, 0) is 11.2 Å². The highest BCUT2D eigenvalue weighted by Crippen LogP contribution is 2.36. The highest BCUT2D eigenvalue weighted by molar-refractivity contribution is 6.34. The monoisotopic (exact) mass is 554 g/mol. The largest absolute Gasteiger partial charge is 0.416 e. The second-order valence-corrected chi connectivity index (χ2v) is 8.76. The molecule has 0 saturated carbocycles. The molecule has 2 aromatic rings. The van der Waals surface area contributed by atoms with Crippen LogP contribution in [-0.4, -0.2) is 37.3 Å². The molecule has 2 rings (SSSR count). The second kappa shape index (κ2) is 12.5. The van der Waals surface area contributed by atoms with E-state index >= 15 is 0 Å². The molecule has 12 heteroatoms. The first-order valence-corrected chi connectivity index (χ1v) is 11.4. The van der Waals surface area contributed by atoms with Crippen LogP contribution in [0.5, 0.6) is 0 Å². The smallest absolute Gasteiger partial charge is 0.345 e. The molecular formula is C24H22Cl2F6N2O2. The molecule has 0 fully saturated rings. The third-order valence-corrected chi connectivity index (χ3v) is 5.36. The fourth-order valence-electron chi connectivity index (χ4n) is 3.31. The van der Waals surface area contributed by atoms with Crippen molar-refractivity contribution in [2.24, 2.45) is 0 Å². The second-order valence-electron chi connectivity index (χ2n) is 7.89. The van der Waals surface area contributed by atoms with E-state index in [1.54, 1.807) is 24.4 Å². The Hall–Kier alpha value is -2.72. The van der Waals surface area contributed by atoms with Gasteiger partial charge in [0.05, 0.1) is 12.1 Å². The van der Waals surface area contributed by atoms with E-state index < -0.39 is 42.8 Å². The van der Waals surface area contributed by atoms with Gasteiger partial charge in [0.2, 0.25) is 5.91 Å². The fourth-order valence-corrected chi connectivity index (χ4v) is 3.84. The number of rotatable bonds is 9. The van der Waals surface area contributed by atoms with Gasteiger partial charge in [0.1, 0.15) is 6.54 Å². The van der Waals surface area contributed by atoms with Crippen molar-refractivity contribution in [3.8, 4) is 0 Å². The van der Waals surface area contributed by atoms with E-state index in [1.165, 1.54) is 24.3 Å². The minimum Gasteiger partial charge on any atom is -0.345 e. The summed E-state index contributed by atoms with van der Waals surface area (Å²) < 4.78 is 76.9. The maximum absolute atomic E-state index is 13.5. The molecule has 36 heavy (non-hydrogen) atoms. The van der Waals surface area contributed by atoms with Crippen molar-refractivity contribution in [1.29, 1.82) is 0 Å². The number of allylic oxidation sites excluding steroid dienone is 2. The highest BCUT2D eigenvalue weighted by Gasteiger charge is 2.34. The van der Waals surface area contributed by atoms with Gasteiger partial charge in [0.15, 0.2) is 0 Å². The minimum absolute atomic E-state index is 0.0918. The van der Waals surface area contributed by atoms with Gasteiger partial charge in [-0.3, -0.25) is 9.59 Å². The van der Waals surface area contributed by atoms with Crippen LogP contribution in [0.1, 0.15) is 39.9 Å². The lowest BCUT2D eigenvalue weighted by molar-refractivity contribution is -0.137. The van der Waals surface area contributed by atoms with Crippen LogP contribution in [0.25, 0.3) is 5.57 Å². The van der Waals surface area contributed by atoms with E-state index in [4.69, 9.17) is 23.2 Å². The first-order chi connectivity index (χ1) is 16.7. The zero-order valence-corrected chi connectivity index (χ0v) is 20.4. The van der Waals surface area contributed by atoms with Crippen molar-refractivity contribution in [1.82, 2.24) is 10.6 Å². The molecule has 0 aliphatic carbocycles. The molecule has 0 bridgehead atoms. The van der Waals surface area contributed by atoms with Crippen molar-refractivity contribution in [2.45, 2.75) is 38.5 Å². The molecule has 0 heterocycles. The van der Waals surface area contributed by atoms with Gasteiger partial charge in [-0.1, -0.05) is 41.4 Å². The summed E-state index contributed by atoms with van der Waals surface area (Å²) in [5, 5.41) is 4.08. The number of amides is 2. The first-order valence-electron chi connectivity index (χ1n) is 10.6. The summed E-state index contributed by atoms with van der Waals surface area (Å²) in [5.41, 5.74) is 0.577. The topological polar surface area (TPSA) is 58.2 Å². The minimum atomic E-state index is -4.59. The Kier molecular flexibility index (Phi) is 10.2. The van der Waals surface area contributed by atoms with Crippen molar-refractivity contribution >= 4 is 40.6 Å². The van der Waals surface area contributed by atoms with Crippen LogP contribution in [0.2, 0.25) is 10.0 Å². The molecule has 4 nitrogen and oxygen atoms in total. The summed E-state index contributed by atoms with van der Waals surface area (Å²) in [5.74, 6) is -1.62. The van der Waals surface area contributed by atoms with Gasteiger partial charge in [-0.25, -0.2) is 0 Å². The summed E-state index contributed by atoms with van der Waals surface area (Å²) in [4.78, 5) is 23.7. The lowest BCUT2D eigenvalue weighted by atomic mass is 9.99. The van der Waals surface area contributed by atoms with Crippen molar-refractivity contribution in [2.75, 3.05) is 13.1 Å². The van der Waals surface area contributed by atoms with Gasteiger partial charge in [-0.15, -0.1) is 0 Å². The van der Waals surface area contributed by atoms with Crippen molar-refractivity contribution < 1.29 is 35.9 Å². The van der Waals surface area contributed by atoms with Gasteiger partial charge in [0.25, 0.3) is 5.91 Å². The number of benzene rings is 2. The van der Waals surface area contributed by atoms with Crippen molar-refractivity contribution in [3.63, 3.8) is 0 Å². The third-order valence-electron chi connectivity index (χ3n) is 4.93. The van der Waals surface area contributed by atoms with E-state index in [0.717, 1.165) is 11.6 Å². The van der Waals surface area contributed by atoms with Crippen LogP contribution in [0.3, 0.4) is 0 Å². The number of carbonyl (C=O) groups excluding carboxylic acids is 2. The average Bonchev–Trinajstić information content (AvgIpc) is 2.74. The lowest BCUT2D eigenvalue weighted by Crippen LogP contribution is -2.41. The number of alkyl halides is 6. The van der Waals surface area contributed by atoms with Gasteiger partial charge in [-0.2, -0.15) is 26.3 Å². The normalized spacial score (nSPS) is 12.4. The Morgan fingerprint density at radius 3 is 2.14 bits per heavy atom. The van der Waals surface area contributed by atoms with E-state index in [0.29, 0.717) is 18.4 Å². The molecule has 2 amide bonds. The van der Waals surface area contributed by atoms with Crippen molar-refractivity contribution in [3.05, 3.63) is 74.8 Å². The quantitative estimate of drug-likeness (QED) is 0.268. The Balaban J connectivity index is 1.96. The molecule has 0 aliphatic rings. The van der Waals surface area contributed by atoms with E-state index in [9.17, 15) is 35.9 Å². The van der Waals surface area contributed by atoms with Crippen LogP contribution < -0.4 is 10.6 Å². The number of hydrogen-bond acceptors (Lipinski definition) is 2. The Labute approximate surface area is 213 Å². The molecule has 0 spiro atoms. The summed E-state index contributed by atoms with van der Waals surface area (Å²) >= 11 is 11.7. The predicted molar refractivity (Wildman–Crippen MR) is 126 cm³/mol. The zero-order chi connectivity index (χ0) is 27.1. The van der Waals surface area contributed by atoms with Gasteiger partial charge in [-0.05, 0) is 67.1 Å². The molecule has 0 aromatic heterocycles. The van der Waals surface area contributed by atoms with Gasteiger partial charge >= 0.3 is 12.4 Å². The van der Waals surface area contributed by atoms with Crippen LogP contribution in [0, 0.1) is 6.92 Å². The average molecular weight is 555 g/mol. The Bertz CT molecular complexity index is 1110. The van der Waals surface area contributed by atoms with E-state index in [-0.39, 0.29) is 27.6 Å². The molecule has 0 radical (unpaired) electrons. The van der Waals surface area contributed by atoms with Crippen LogP contribution >= 0.6 is 23.2 Å². The number of hydrogen-bond donors (Lipinski definition) is 2. The van der Waals surface area contributed by atoms with Crippen LogP contribution in [0.4, 0.5) is 26.3 Å². The molecule has 196 valence electrons. The predicted octanol–water partition coefficient (Wildman–Crippen LogP) is 6.68. The van der Waals surface area contributed by atoms with Gasteiger partial charge in [0, 0.05) is 15.6 Å². The van der Waals surface area contributed by atoms with Crippen LogP contribution in [0.15, 0.2) is 42.5 Å². The van der Waals surface area contributed by atoms with E-state index in [2.05, 4.69) is 5.32 Å². The molecule has 0 saturated heterocycles. The molecule has 0 aliphatic heterocycles. The SMILES string of the molecule is Cc1cc(CCC/C=C(/c2cc(Cl)cc(Cl)c2)C(F)(F)F)ccc1C(=O)NCC(=O)NCC(F)(F)F. The highest BCUT2D eigenvalue weighted by atomic mass is 35.5. The number of unbranched alkanes of at least 4 members (excludes halogenated alkanes) is 1. The zero-order valence-electron chi connectivity index (χ0n) is 18.9. The first kappa shape index (κ1) is 29.5. The summed E-state index contributed by atoms with van der Waals surface area (Å²) in [6, 6.07) is 8.52. The number of carbonyl (C=O) groups is 2. The number of aryl methyl sites for hydroxylation is 2. The molecule has 0 unspecified atom stereocenters. The Morgan fingerprint density at radius 1 is 0.944 bits per heavy atom.